The predicted octanol–water partition coefficient (Wildman–Crippen LogP) is 2.93. The molecule has 0 unspecified atom stereocenters. The summed E-state index contributed by atoms with van der Waals surface area (Å²) in [4.78, 5) is 30.6. The van der Waals surface area contributed by atoms with Gasteiger partial charge in [-0.05, 0) is 12.5 Å². The molecule has 6 nitrogen and oxygen atoms in total. The summed E-state index contributed by atoms with van der Waals surface area (Å²) in [5.41, 5.74) is 0.182. The van der Waals surface area contributed by atoms with Gasteiger partial charge in [-0.1, -0.05) is 51.1 Å². The molecule has 122 valence electrons. The van der Waals surface area contributed by atoms with E-state index in [1.807, 2.05) is 37.3 Å². The Hall–Kier alpha value is -2.63. The number of carbonyl (C=O) groups is 1. The molecule has 0 aliphatic rings. The molecule has 0 radical (unpaired) electrons. The molecule has 0 spiro atoms. The zero-order valence-corrected chi connectivity index (χ0v) is 13.8. The first-order chi connectivity index (χ1) is 10.8. The van der Waals surface area contributed by atoms with Crippen LogP contribution in [0.25, 0.3) is 0 Å². The highest BCUT2D eigenvalue weighted by Gasteiger charge is 2.22. The molecule has 0 saturated heterocycles. The second kappa shape index (κ2) is 6.64. The van der Waals surface area contributed by atoms with Gasteiger partial charge in [0.25, 0.3) is 5.56 Å². The predicted molar refractivity (Wildman–Crippen MR) is 91.4 cm³/mol. The van der Waals surface area contributed by atoms with Crippen LogP contribution in [0.2, 0.25) is 0 Å². The maximum Gasteiger partial charge on any atom is 0.254 e. The molecule has 1 aromatic heterocycles. The Kier molecular flexibility index (Phi) is 4.83. The number of nitrogens with one attached hydrogen (secondary N) is 3. The Morgan fingerprint density at radius 2 is 1.87 bits per heavy atom. The minimum absolute atomic E-state index is 0.0170. The van der Waals surface area contributed by atoms with Crippen LogP contribution in [0, 0.1) is 5.41 Å². The molecular formula is C17H22N4O2. The van der Waals surface area contributed by atoms with Crippen molar-refractivity contribution in [2.75, 3.05) is 10.6 Å². The molecule has 0 bridgehead atoms. The molecule has 1 heterocycles. The van der Waals surface area contributed by atoms with Gasteiger partial charge in [-0.25, -0.2) is 0 Å². The average molecular weight is 314 g/mol. The number of carbonyl (C=O) groups excluding carboxylic acids is 1. The van der Waals surface area contributed by atoms with Crippen LogP contribution in [0.4, 0.5) is 11.8 Å². The second-order valence-corrected chi connectivity index (χ2v) is 6.46. The first-order valence-electron chi connectivity index (χ1n) is 7.50. The van der Waals surface area contributed by atoms with Crippen LogP contribution in [-0.4, -0.2) is 15.9 Å². The van der Waals surface area contributed by atoms with Gasteiger partial charge in [-0.3, -0.25) is 19.9 Å². The number of nitrogens with zero attached hydrogens (tertiary/aromatic N) is 1. The van der Waals surface area contributed by atoms with Crippen LogP contribution >= 0.6 is 0 Å². The lowest BCUT2D eigenvalue weighted by Crippen LogP contribution is -2.29. The summed E-state index contributed by atoms with van der Waals surface area (Å²) in [7, 11) is 0. The van der Waals surface area contributed by atoms with E-state index in [2.05, 4.69) is 20.6 Å². The SMILES string of the molecule is C[C@@H](Nc1cc(=O)[nH]c(NC(=O)C(C)(C)C)n1)c1ccccc1. The van der Waals surface area contributed by atoms with Gasteiger partial charge in [0.15, 0.2) is 0 Å². The summed E-state index contributed by atoms with van der Waals surface area (Å²) < 4.78 is 0. The summed E-state index contributed by atoms with van der Waals surface area (Å²) in [6, 6.07) is 11.2. The van der Waals surface area contributed by atoms with Crippen molar-refractivity contribution in [2.45, 2.75) is 33.7 Å². The second-order valence-electron chi connectivity index (χ2n) is 6.46. The monoisotopic (exact) mass is 314 g/mol. The summed E-state index contributed by atoms with van der Waals surface area (Å²) in [5.74, 6) is 0.336. The van der Waals surface area contributed by atoms with Gasteiger partial charge in [-0.15, -0.1) is 0 Å². The van der Waals surface area contributed by atoms with E-state index in [1.54, 1.807) is 20.8 Å². The number of aromatic nitrogens is 2. The van der Waals surface area contributed by atoms with E-state index in [-0.39, 0.29) is 23.5 Å². The van der Waals surface area contributed by atoms with Crippen molar-refractivity contribution in [1.29, 1.82) is 0 Å². The number of amides is 1. The molecule has 6 heteroatoms. The highest BCUT2D eigenvalue weighted by molar-refractivity contribution is 5.93. The fourth-order valence-corrected chi connectivity index (χ4v) is 1.93. The summed E-state index contributed by atoms with van der Waals surface area (Å²) >= 11 is 0. The Bertz CT molecular complexity index is 732. The Morgan fingerprint density at radius 1 is 1.22 bits per heavy atom. The third kappa shape index (κ3) is 4.67. The first-order valence-corrected chi connectivity index (χ1v) is 7.50. The lowest BCUT2D eigenvalue weighted by Gasteiger charge is -2.18. The molecule has 0 fully saturated rings. The molecule has 2 rings (SSSR count). The molecule has 3 N–H and O–H groups in total. The van der Waals surface area contributed by atoms with Gasteiger partial charge in [-0.2, -0.15) is 4.98 Å². The third-order valence-electron chi connectivity index (χ3n) is 3.32. The maximum absolute atomic E-state index is 12.0. The molecule has 0 aliphatic carbocycles. The van der Waals surface area contributed by atoms with Crippen molar-refractivity contribution in [3.05, 3.63) is 52.3 Å². The molecule has 1 amide bonds. The van der Waals surface area contributed by atoms with Gasteiger partial charge >= 0.3 is 0 Å². The zero-order chi connectivity index (χ0) is 17.0. The summed E-state index contributed by atoms with van der Waals surface area (Å²) in [6.07, 6.45) is 0. The van der Waals surface area contributed by atoms with Crippen molar-refractivity contribution >= 4 is 17.7 Å². The number of rotatable bonds is 4. The number of hydrogen-bond donors (Lipinski definition) is 3. The van der Waals surface area contributed by atoms with E-state index in [9.17, 15) is 9.59 Å². The number of benzene rings is 1. The molecule has 1 aromatic carbocycles. The number of H-pyrrole nitrogens is 1. The molecule has 0 saturated carbocycles. The fourth-order valence-electron chi connectivity index (χ4n) is 1.93. The highest BCUT2D eigenvalue weighted by atomic mass is 16.2. The maximum atomic E-state index is 12.0. The van der Waals surface area contributed by atoms with Crippen LogP contribution < -0.4 is 16.2 Å². The van der Waals surface area contributed by atoms with Crippen LogP contribution in [0.15, 0.2) is 41.2 Å². The minimum atomic E-state index is -0.570. The van der Waals surface area contributed by atoms with Gasteiger partial charge in [0.1, 0.15) is 5.82 Å². The lowest BCUT2D eigenvalue weighted by atomic mass is 9.96. The van der Waals surface area contributed by atoms with Crippen molar-refractivity contribution in [2.24, 2.45) is 5.41 Å². The van der Waals surface area contributed by atoms with Crippen LogP contribution in [-0.2, 0) is 4.79 Å². The van der Waals surface area contributed by atoms with Gasteiger partial charge < -0.3 is 5.32 Å². The number of hydrogen-bond acceptors (Lipinski definition) is 4. The molecule has 0 aliphatic heterocycles. The van der Waals surface area contributed by atoms with E-state index < -0.39 is 5.41 Å². The van der Waals surface area contributed by atoms with E-state index in [0.29, 0.717) is 5.82 Å². The lowest BCUT2D eigenvalue weighted by molar-refractivity contribution is -0.123. The Balaban J connectivity index is 2.17. The van der Waals surface area contributed by atoms with Crippen molar-refractivity contribution in [1.82, 2.24) is 9.97 Å². The van der Waals surface area contributed by atoms with Crippen LogP contribution in [0.5, 0.6) is 0 Å². The standard InChI is InChI=1S/C17H22N4O2/c1-11(12-8-6-5-7-9-12)18-13-10-14(22)20-16(19-13)21-15(23)17(2,3)4/h5-11H,1-4H3,(H3,18,19,20,21,22,23)/t11-/m1/s1. The van der Waals surface area contributed by atoms with E-state index in [1.165, 1.54) is 6.07 Å². The van der Waals surface area contributed by atoms with Gasteiger partial charge in [0, 0.05) is 17.5 Å². The van der Waals surface area contributed by atoms with E-state index >= 15 is 0 Å². The minimum Gasteiger partial charge on any atom is -0.363 e. The van der Waals surface area contributed by atoms with Crippen LogP contribution in [0.3, 0.4) is 0 Å². The topological polar surface area (TPSA) is 86.9 Å². The Labute approximate surface area is 135 Å². The molecular weight excluding hydrogens is 292 g/mol. The van der Waals surface area contributed by atoms with Gasteiger partial charge in [0.05, 0.1) is 0 Å². The van der Waals surface area contributed by atoms with Gasteiger partial charge in [0.2, 0.25) is 11.9 Å². The first kappa shape index (κ1) is 16.7. The number of anilines is 2. The van der Waals surface area contributed by atoms with Crippen molar-refractivity contribution in [3.63, 3.8) is 0 Å². The largest absolute Gasteiger partial charge is 0.363 e. The quantitative estimate of drug-likeness (QED) is 0.810. The molecule has 2 aromatic rings. The molecule has 23 heavy (non-hydrogen) atoms. The smallest absolute Gasteiger partial charge is 0.254 e. The van der Waals surface area contributed by atoms with Crippen molar-refractivity contribution in [3.8, 4) is 0 Å². The normalized spacial score (nSPS) is 12.5. The summed E-state index contributed by atoms with van der Waals surface area (Å²) in [5, 5.41) is 5.80. The number of aromatic amines is 1. The highest BCUT2D eigenvalue weighted by Crippen LogP contribution is 2.18. The molecule has 1 atom stereocenters. The van der Waals surface area contributed by atoms with E-state index in [4.69, 9.17) is 0 Å². The summed E-state index contributed by atoms with van der Waals surface area (Å²) in [6.45, 7) is 7.35. The fraction of sp³-hybridized carbons (Fsp3) is 0.353. The third-order valence-corrected chi connectivity index (χ3v) is 3.32. The Morgan fingerprint density at radius 3 is 2.48 bits per heavy atom. The van der Waals surface area contributed by atoms with Crippen molar-refractivity contribution < 1.29 is 4.79 Å². The average Bonchev–Trinajstić information content (AvgIpc) is 2.46. The zero-order valence-electron chi connectivity index (χ0n) is 13.8. The van der Waals surface area contributed by atoms with E-state index in [0.717, 1.165) is 5.56 Å². The van der Waals surface area contributed by atoms with Crippen LogP contribution in [0.1, 0.15) is 39.3 Å².